The SMILES string of the molecule is C=CC(=O)OCCOc1ccc(C=Cc2ccc(S(=O)(=O)C[C@H](C)CC)cc2)cc1. The summed E-state index contributed by atoms with van der Waals surface area (Å²) in [4.78, 5) is 11.3. The number of carbonyl (C=O) groups is 1. The predicted octanol–water partition coefficient (Wildman–Crippen LogP) is 4.78. The van der Waals surface area contributed by atoms with Crippen molar-refractivity contribution in [1.82, 2.24) is 0 Å². The molecule has 0 aliphatic heterocycles. The molecule has 0 amide bonds. The smallest absolute Gasteiger partial charge is 0.330 e. The van der Waals surface area contributed by atoms with Gasteiger partial charge in [-0.05, 0) is 41.3 Å². The predicted molar refractivity (Wildman–Crippen MR) is 120 cm³/mol. The van der Waals surface area contributed by atoms with Gasteiger partial charge >= 0.3 is 5.97 Å². The van der Waals surface area contributed by atoms with Crippen molar-refractivity contribution in [2.24, 2.45) is 5.92 Å². The van der Waals surface area contributed by atoms with E-state index in [2.05, 4.69) is 6.58 Å². The second-order valence-corrected chi connectivity index (χ2v) is 9.02. The summed E-state index contributed by atoms with van der Waals surface area (Å²) < 4.78 is 35.2. The van der Waals surface area contributed by atoms with E-state index in [0.717, 1.165) is 23.6 Å². The molecule has 0 bridgehead atoms. The Morgan fingerprint density at radius 3 is 2.10 bits per heavy atom. The van der Waals surface area contributed by atoms with E-state index in [4.69, 9.17) is 9.47 Å². The fraction of sp³-hybridized carbons (Fsp3) is 0.292. The molecular formula is C24H28O5S. The lowest BCUT2D eigenvalue weighted by molar-refractivity contribution is -0.138. The summed E-state index contributed by atoms with van der Waals surface area (Å²) in [7, 11) is -3.25. The number of esters is 1. The van der Waals surface area contributed by atoms with Crippen molar-refractivity contribution in [2.45, 2.75) is 25.2 Å². The molecule has 0 N–H and O–H groups in total. The first-order valence-corrected chi connectivity index (χ1v) is 11.5. The Hall–Kier alpha value is -2.86. The molecule has 0 saturated carbocycles. The van der Waals surface area contributed by atoms with E-state index in [1.807, 2.05) is 62.4 Å². The highest BCUT2D eigenvalue weighted by Gasteiger charge is 2.17. The van der Waals surface area contributed by atoms with E-state index >= 15 is 0 Å². The minimum absolute atomic E-state index is 0.142. The molecule has 0 saturated heterocycles. The molecule has 5 nitrogen and oxygen atoms in total. The van der Waals surface area contributed by atoms with Gasteiger partial charge in [0.05, 0.1) is 10.6 Å². The van der Waals surface area contributed by atoms with Gasteiger partial charge in [-0.2, -0.15) is 0 Å². The number of ether oxygens (including phenoxy) is 2. The Balaban J connectivity index is 1.91. The lowest BCUT2D eigenvalue weighted by Crippen LogP contribution is -2.13. The highest BCUT2D eigenvalue weighted by atomic mass is 32.2. The van der Waals surface area contributed by atoms with Crippen molar-refractivity contribution in [3.63, 3.8) is 0 Å². The lowest BCUT2D eigenvalue weighted by atomic mass is 10.1. The van der Waals surface area contributed by atoms with Gasteiger partial charge in [0.1, 0.15) is 19.0 Å². The van der Waals surface area contributed by atoms with Crippen LogP contribution in [0.15, 0.2) is 66.1 Å². The van der Waals surface area contributed by atoms with Gasteiger partial charge in [-0.1, -0.05) is 63.3 Å². The first-order valence-electron chi connectivity index (χ1n) is 9.87. The van der Waals surface area contributed by atoms with Gasteiger partial charge in [-0.15, -0.1) is 0 Å². The van der Waals surface area contributed by atoms with Crippen molar-refractivity contribution in [1.29, 1.82) is 0 Å². The van der Waals surface area contributed by atoms with Crippen LogP contribution in [0.5, 0.6) is 5.75 Å². The molecule has 2 rings (SSSR count). The average molecular weight is 429 g/mol. The third-order valence-corrected chi connectivity index (χ3v) is 6.55. The summed E-state index contributed by atoms with van der Waals surface area (Å²) in [6.45, 7) is 7.69. The van der Waals surface area contributed by atoms with Crippen molar-refractivity contribution in [3.8, 4) is 5.75 Å². The molecule has 0 aromatic heterocycles. The Labute approximate surface area is 179 Å². The number of carbonyl (C=O) groups excluding carboxylic acids is 1. The van der Waals surface area contributed by atoms with Crippen molar-refractivity contribution < 1.29 is 22.7 Å². The van der Waals surface area contributed by atoms with Gasteiger partial charge in [0.15, 0.2) is 9.84 Å². The van der Waals surface area contributed by atoms with Gasteiger partial charge in [-0.3, -0.25) is 0 Å². The van der Waals surface area contributed by atoms with Crippen LogP contribution in [0.1, 0.15) is 31.4 Å². The monoisotopic (exact) mass is 428 g/mol. The van der Waals surface area contributed by atoms with E-state index in [0.29, 0.717) is 10.6 Å². The van der Waals surface area contributed by atoms with E-state index in [9.17, 15) is 13.2 Å². The number of benzene rings is 2. The molecule has 0 aliphatic carbocycles. The Morgan fingerprint density at radius 1 is 1.00 bits per heavy atom. The maximum atomic E-state index is 12.4. The third kappa shape index (κ3) is 7.52. The normalized spacial score (nSPS) is 12.5. The van der Waals surface area contributed by atoms with Crippen LogP contribution >= 0.6 is 0 Å². The van der Waals surface area contributed by atoms with Crippen LogP contribution in [-0.2, 0) is 19.4 Å². The minimum atomic E-state index is -3.25. The molecule has 0 heterocycles. The molecule has 160 valence electrons. The first-order chi connectivity index (χ1) is 14.3. The molecule has 0 unspecified atom stereocenters. The maximum Gasteiger partial charge on any atom is 0.330 e. The van der Waals surface area contributed by atoms with Gasteiger partial charge < -0.3 is 9.47 Å². The standard InChI is InChI=1S/C24H28O5S/c1-4-19(3)18-30(26,27)23-14-10-21(11-15-23)7-6-20-8-12-22(13-9-20)28-16-17-29-24(25)5-2/h5-15,19H,2,4,16-18H2,1,3H3/t19-/m1/s1. The molecule has 0 radical (unpaired) electrons. The Kier molecular flexibility index (Phi) is 8.87. The van der Waals surface area contributed by atoms with Gasteiger partial charge in [0.25, 0.3) is 0 Å². The molecule has 1 atom stereocenters. The second-order valence-electron chi connectivity index (χ2n) is 6.99. The molecule has 2 aromatic rings. The van der Waals surface area contributed by atoms with Crippen molar-refractivity contribution in [2.75, 3.05) is 19.0 Å². The topological polar surface area (TPSA) is 69.7 Å². The number of hydrogen-bond donors (Lipinski definition) is 0. The van der Waals surface area contributed by atoms with Crippen LogP contribution in [0, 0.1) is 5.92 Å². The third-order valence-electron chi connectivity index (χ3n) is 4.55. The van der Waals surface area contributed by atoms with Crippen LogP contribution in [0.25, 0.3) is 12.2 Å². The van der Waals surface area contributed by atoms with Crippen LogP contribution in [0.2, 0.25) is 0 Å². The fourth-order valence-corrected chi connectivity index (χ4v) is 4.33. The van der Waals surface area contributed by atoms with E-state index in [1.54, 1.807) is 12.1 Å². The summed E-state index contributed by atoms with van der Waals surface area (Å²) in [6.07, 6.45) is 5.82. The largest absolute Gasteiger partial charge is 0.490 e. The molecule has 2 aromatic carbocycles. The highest BCUT2D eigenvalue weighted by Crippen LogP contribution is 2.18. The van der Waals surface area contributed by atoms with Gasteiger partial charge in [0, 0.05) is 6.08 Å². The zero-order valence-corrected chi connectivity index (χ0v) is 18.2. The minimum Gasteiger partial charge on any atom is -0.490 e. The summed E-state index contributed by atoms with van der Waals surface area (Å²) in [6, 6.07) is 14.4. The molecule has 30 heavy (non-hydrogen) atoms. The molecule has 0 spiro atoms. The van der Waals surface area contributed by atoms with Gasteiger partial charge in [-0.25, -0.2) is 13.2 Å². The van der Waals surface area contributed by atoms with Gasteiger partial charge in [0.2, 0.25) is 0 Å². The second kappa shape index (κ2) is 11.4. The average Bonchev–Trinajstić information content (AvgIpc) is 2.75. The summed E-state index contributed by atoms with van der Waals surface area (Å²) in [5, 5.41) is 0. The van der Waals surface area contributed by atoms with E-state index in [1.165, 1.54) is 0 Å². The molecule has 0 fully saturated rings. The van der Waals surface area contributed by atoms with Crippen LogP contribution in [0.4, 0.5) is 0 Å². The van der Waals surface area contributed by atoms with E-state index < -0.39 is 15.8 Å². The summed E-state index contributed by atoms with van der Waals surface area (Å²) >= 11 is 0. The number of hydrogen-bond acceptors (Lipinski definition) is 5. The number of rotatable bonds is 11. The molecule has 0 aliphatic rings. The lowest BCUT2D eigenvalue weighted by Gasteiger charge is -2.09. The van der Waals surface area contributed by atoms with Crippen LogP contribution in [-0.4, -0.2) is 33.4 Å². The van der Waals surface area contributed by atoms with Crippen LogP contribution in [0.3, 0.4) is 0 Å². The number of sulfone groups is 1. The van der Waals surface area contributed by atoms with Crippen molar-refractivity contribution in [3.05, 3.63) is 72.3 Å². The summed E-state index contributed by atoms with van der Waals surface area (Å²) in [5.74, 6) is 0.519. The van der Waals surface area contributed by atoms with Crippen LogP contribution < -0.4 is 4.74 Å². The van der Waals surface area contributed by atoms with E-state index in [-0.39, 0.29) is 24.9 Å². The first kappa shape index (κ1) is 23.4. The van der Waals surface area contributed by atoms with Crippen molar-refractivity contribution >= 4 is 28.0 Å². The zero-order valence-electron chi connectivity index (χ0n) is 17.4. The Bertz CT molecular complexity index is 958. The zero-order chi connectivity index (χ0) is 22.0. The Morgan fingerprint density at radius 2 is 1.57 bits per heavy atom. The summed E-state index contributed by atoms with van der Waals surface area (Å²) in [5.41, 5.74) is 1.90. The fourth-order valence-electron chi connectivity index (χ4n) is 2.60. The quantitative estimate of drug-likeness (QED) is 0.223. The molecule has 6 heteroatoms. The molecular weight excluding hydrogens is 400 g/mol. The maximum absolute atomic E-state index is 12.4. The highest BCUT2D eigenvalue weighted by molar-refractivity contribution is 7.91.